The van der Waals surface area contributed by atoms with Crippen LogP contribution in [-0.4, -0.2) is 32.4 Å². The third kappa shape index (κ3) is 4.49. The van der Waals surface area contributed by atoms with Crippen LogP contribution >= 0.6 is 12.4 Å². The molecular formula is C17H18ClF2NO3. The highest BCUT2D eigenvalue weighted by atomic mass is 35.5. The van der Waals surface area contributed by atoms with Gasteiger partial charge in [0.05, 0.1) is 0 Å². The van der Waals surface area contributed by atoms with Gasteiger partial charge in [0.1, 0.15) is 19.3 Å². The Hall–Kier alpha value is -2.05. The van der Waals surface area contributed by atoms with E-state index in [-0.39, 0.29) is 30.9 Å². The van der Waals surface area contributed by atoms with Gasteiger partial charge in [0.15, 0.2) is 28.9 Å². The number of para-hydroxylation sites is 3. The number of hydrogen-bond donors (Lipinski definition) is 1. The summed E-state index contributed by atoms with van der Waals surface area (Å²) in [6.45, 7) is 1.60. The Morgan fingerprint density at radius 2 is 1.75 bits per heavy atom. The number of benzene rings is 2. The van der Waals surface area contributed by atoms with Crippen molar-refractivity contribution >= 4 is 12.4 Å². The molecule has 3 rings (SSSR count). The van der Waals surface area contributed by atoms with Crippen LogP contribution in [0.4, 0.5) is 8.78 Å². The second kappa shape index (κ2) is 8.70. The van der Waals surface area contributed by atoms with Crippen LogP contribution in [0.1, 0.15) is 0 Å². The molecule has 0 saturated heterocycles. The highest BCUT2D eigenvalue weighted by Gasteiger charge is 2.19. The molecule has 0 radical (unpaired) electrons. The maximum Gasteiger partial charge on any atom is 0.190 e. The fourth-order valence-corrected chi connectivity index (χ4v) is 2.27. The lowest BCUT2D eigenvalue weighted by Crippen LogP contribution is -2.39. The summed E-state index contributed by atoms with van der Waals surface area (Å²) in [5.41, 5.74) is 0. The molecule has 0 fully saturated rings. The number of nitrogens with one attached hydrogen (secondary N) is 1. The first kappa shape index (κ1) is 18.3. The molecule has 2 aromatic rings. The molecule has 0 spiro atoms. The Morgan fingerprint density at radius 3 is 2.50 bits per heavy atom. The van der Waals surface area contributed by atoms with Gasteiger partial charge >= 0.3 is 0 Å². The van der Waals surface area contributed by atoms with Gasteiger partial charge in [0, 0.05) is 13.1 Å². The van der Waals surface area contributed by atoms with E-state index >= 15 is 0 Å². The molecule has 130 valence electrons. The lowest BCUT2D eigenvalue weighted by atomic mass is 10.2. The molecule has 1 aliphatic heterocycles. The standard InChI is InChI=1S/C17H17F2NO3.ClH/c18-13-4-3-5-14(19)17(13)21-9-8-20-10-12-11-22-15-6-1-2-7-16(15)23-12;/h1-7,12,20H,8-11H2;1H/t12-;/m1./s1. The minimum absolute atomic E-state index is 0. The molecule has 0 unspecified atom stereocenters. The van der Waals surface area contributed by atoms with Crippen LogP contribution in [0.3, 0.4) is 0 Å². The maximum absolute atomic E-state index is 13.4. The van der Waals surface area contributed by atoms with Gasteiger partial charge in [-0.2, -0.15) is 0 Å². The lowest BCUT2D eigenvalue weighted by Gasteiger charge is -2.26. The molecule has 0 bridgehead atoms. The largest absolute Gasteiger partial charge is 0.486 e. The van der Waals surface area contributed by atoms with E-state index < -0.39 is 11.6 Å². The number of halogens is 3. The van der Waals surface area contributed by atoms with Crippen molar-refractivity contribution in [3.63, 3.8) is 0 Å². The quantitative estimate of drug-likeness (QED) is 0.806. The number of rotatable bonds is 6. The predicted octanol–water partition coefficient (Wildman–Crippen LogP) is 3.20. The molecule has 1 atom stereocenters. The molecule has 1 N–H and O–H groups in total. The van der Waals surface area contributed by atoms with Gasteiger partial charge in [0.25, 0.3) is 0 Å². The summed E-state index contributed by atoms with van der Waals surface area (Å²) >= 11 is 0. The molecule has 4 nitrogen and oxygen atoms in total. The third-order valence-corrected chi connectivity index (χ3v) is 3.38. The zero-order chi connectivity index (χ0) is 16.1. The van der Waals surface area contributed by atoms with Crippen molar-refractivity contribution in [2.45, 2.75) is 6.10 Å². The summed E-state index contributed by atoms with van der Waals surface area (Å²) in [7, 11) is 0. The Morgan fingerprint density at radius 1 is 1.04 bits per heavy atom. The summed E-state index contributed by atoms with van der Waals surface area (Å²) in [4.78, 5) is 0. The Balaban J connectivity index is 0.00000208. The molecule has 24 heavy (non-hydrogen) atoms. The molecule has 0 amide bonds. The summed E-state index contributed by atoms with van der Waals surface area (Å²) in [6, 6.07) is 11.1. The smallest absolute Gasteiger partial charge is 0.190 e. The Labute approximate surface area is 145 Å². The second-order valence-corrected chi connectivity index (χ2v) is 5.10. The van der Waals surface area contributed by atoms with Crippen LogP contribution in [0.25, 0.3) is 0 Å². The van der Waals surface area contributed by atoms with E-state index in [4.69, 9.17) is 14.2 Å². The summed E-state index contributed by atoms with van der Waals surface area (Å²) in [6.07, 6.45) is -0.116. The Bertz CT molecular complexity index is 652. The van der Waals surface area contributed by atoms with E-state index in [1.54, 1.807) is 0 Å². The topological polar surface area (TPSA) is 39.7 Å². The third-order valence-electron chi connectivity index (χ3n) is 3.38. The minimum atomic E-state index is -0.703. The molecule has 0 aliphatic carbocycles. The van der Waals surface area contributed by atoms with E-state index in [0.29, 0.717) is 19.7 Å². The molecule has 0 saturated carbocycles. The molecule has 1 aliphatic rings. The SMILES string of the molecule is Cl.Fc1cccc(F)c1OCCNC[C@@H]1COc2ccccc2O1. The molecule has 7 heteroatoms. The van der Waals surface area contributed by atoms with Crippen molar-refractivity contribution in [3.8, 4) is 17.2 Å². The number of fused-ring (bicyclic) bond motifs is 1. The Kier molecular flexibility index (Phi) is 6.63. The lowest BCUT2D eigenvalue weighted by molar-refractivity contribution is 0.0896. The van der Waals surface area contributed by atoms with Crippen LogP contribution in [-0.2, 0) is 0 Å². The first-order chi connectivity index (χ1) is 11.2. The van der Waals surface area contributed by atoms with Gasteiger partial charge < -0.3 is 19.5 Å². The first-order valence-corrected chi connectivity index (χ1v) is 7.40. The summed E-state index contributed by atoms with van der Waals surface area (Å²) in [5, 5.41) is 3.12. The molecule has 0 aromatic heterocycles. The van der Waals surface area contributed by atoms with Gasteiger partial charge in [-0.3, -0.25) is 0 Å². The fraction of sp³-hybridized carbons (Fsp3) is 0.294. The zero-order valence-corrected chi connectivity index (χ0v) is 13.7. The van der Waals surface area contributed by atoms with Gasteiger partial charge in [-0.25, -0.2) is 8.78 Å². The summed E-state index contributed by atoms with van der Waals surface area (Å²) in [5.74, 6) is -0.297. The van der Waals surface area contributed by atoms with Crippen molar-refractivity contribution in [3.05, 3.63) is 54.1 Å². The maximum atomic E-state index is 13.4. The number of hydrogen-bond acceptors (Lipinski definition) is 4. The second-order valence-electron chi connectivity index (χ2n) is 5.10. The van der Waals surface area contributed by atoms with Crippen molar-refractivity contribution in [1.29, 1.82) is 0 Å². The highest BCUT2D eigenvalue weighted by molar-refractivity contribution is 5.85. The van der Waals surface area contributed by atoms with E-state index in [9.17, 15) is 8.78 Å². The van der Waals surface area contributed by atoms with Crippen molar-refractivity contribution < 1.29 is 23.0 Å². The van der Waals surface area contributed by atoms with Crippen LogP contribution in [0, 0.1) is 11.6 Å². The van der Waals surface area contributed by atoms with E-state index in [2.05, 4.69) is 5.32 Å². The predicted molar refractivity (Wildman–Crippen MR) is 88.3 cm³/mol. The van der Waals surface area contributed by atoms with Gasteiger partial charge in [-0.05, 0) is 24.3 Å². The first-order valence-electron chi connectivity index (χ1n) is 7.40. The summed E-state index contributed by atoms with van der Waals surface area (Å²) < 4.78 is 43.3. The highest BCUT2D eigenvalue weighted by Crippen LogP contribution is 2.30. The van der Waals surface area contributed by atoms with Crippen molar-refractivity contribution in [1.82, 2.24) is 5.32 Å². The average molecular weight is 358 g/mol. The fourth-order valence-electron chi connectivity index (χ4n) is 2.27. The number of ether oxygens (including phenoxy) is 3. The van der Waals surface area contributed by atoms with Crippen molar-refractivity contribution in [2.75, 3.05) is 26.3 Å². The zero-order valence-electron chi connectivity index (χ0n) is 12.8. The molecule has 2 aromatic carbocycles. The van der Waals surface area contributed by atoms with E-state index in [1.165, 1.54) is 6.07 Å². The van der Waals surface area contributed by atoms with Crippen molar-refractivity contribution in [2.24, 2.45) is 0 Å². The monoisotopic (exact) mass is 357 g/mol. The average Bonchev–Trinajstić information content (AvgIpc) is 2.57. The minimum Gasteiger partial charge on any atom is -0.486 e. The van der Waals surface area contributed by atoms with Crippen LogP contribution in [0.15, 0.2) is 42.5 Å². The van der Waals surface area contributed by atoms with Gasteiger partial charge in [-0.15, -0.1) is 12.4 Å². The van der Waals surface area contributed by atoms with E-state index in [1.807, 2.05) is 24.3 Å². The van der Waals surface area contributed by atoms with Crippen LogP contribution < -0.4 is 19.5 Å². The van der Waals surface area contributed by atoms with Crippen LogP contribution in [0.2, 0.25) is 0 Å². The van der Waals surface area contributed by atoms with Gasteiger partial charge in [0.2, 0.25) is 0 Å². The molecular weight excluding hydrogens is 340 g/mol. The normalized spacial score (nSPS) is 15.5. The molecule has 1 heterocycles. The van der Waals surface area contributed by atoms with Crippen LogP contribution in [0.5, 0.6) is 17.2 Å². The van der Waals surface area contributed by atoms with Gasteiger partial charge in [-0.1, -0.05) is 18.2 Å². The van der Waals surface area contributed by atoms with E-state index in [0.717, 1.165) is 23.6 Å².